The molecular weight excluding hydrogens is 118 g/mol. The van der Waals surface area contributed by atoms with Crippen molar-refractivity contribution in [2.75, 3.05) is 7.05 Å². The van der Waals surface area contributed by atoms with E-state index in [0.717, 1.165) is 11.3 Å². The third-order valence-electron chi connectivity index (χ3n) is 1.16. The van der Waals surface area contributed by atoms with E-state index in [1.54, 1.807) is 0 Å². The molecule has 1 N–H and O–H groups in total. The summed E-state index contributed by atoms with van der Waals surface area (Å²) in [5, 5.41) is 3.08. The van der Waals surface area contributed by atoms with Gasteiger partial charge >= 0.3 is 0 Å². The molecule has 0 radical (unpaired) electrons. The Morgan fingerprint density at radius 3 is 2.38 bits per heavy atom. The van der Waals surface area contributed by atoms with E-state index in [0.29, 0.717) is 6.04 Å². The Hall–Kier alpha value is 0.0500. The van der Waals surface area contributed by atoms with Gasteiger partial charge in [-0.25, -0.2) is 0 Å². The van der Waals surface area contributed by atoms with E-state index in [2.05, 4.69) is 31.4 Å². The number of rotatable bonds is 3. The molecule has 0 aliphatic heterocycles. The molecule has 48 valence electrons. The zero-order chi connectivity index (χ0) is 6.57. The summed E-state index contributed by atoms with van der Waals surface area (Å²) in [7, 11) is 1.91. The van der Waals surface area contributed by atoms with Gasteiger partial charge in [-0.15, -0.1) is 12.6 Å². The van der Waals surface area contributed by atoms with Crippen LogP contribution in [0.15, 0.2) is 11.5 Å². The van der Waals surface area contributed by atoms with Crippen molar-refractivity contribution in [1.82, 2.24) is 5.32 Å². The van der Waals surface area contributed by atoms with Gasteiger partial charge in [0.2, 0.25) is 0 Å². The summed E-state index contributed by atoms with van der Waals surface area (Å²) in [4.78, 5) is 0.912. The van der Waals surface area contributed by atoms with Crippen LogP contribution in [0.25, 0.3) is 0 Å². The molecule has 1 atom stereocenters. The highest BCUT2D eigenvalue weighted by atomic mass is 32.1. The van der Waals surface area contributed by atoms with Gasteiger partial charge < -0.3 is 5.32 Å². The average molecular weight is 131 g/mol. The molecule has 0 aromatic rings. The van der Waals surface area contributed by atoms with Gasteiger partial charge in [0.25, 0.3) is 0 Å². The highest BCUT2D eigenvalue weighted by Crippen LogP contribution is 2.05. The van der Waals surface area contributed by atoms with Crippen LogP contribution in [0.5, 0.6) is 0 Å². The first-order valence-electron chi connectivity index (χ1n) is 2.77. The smallest absolute Gasteiger partial charge is 0.0366 e. The Kier molecular flexibility index (Phi) is 4.01. The van der Waals surface area contributed by atoms with Crippen LogP contribution in [-0.2, 0) is 0 Å². The minimum absolute atomic E-state index is 0.373. The van der Waals surface area contributed by atoms with Crippen molar-refractivity contribution < 1.29 is 0 Å². The molecule has 0 rings (SSSR count). The molecular formula is C6H13NS. The highest BCUT2D eigenvalue weighted by Gasteiger charge is 2.00. The first-order valence-corrected chi connectivity index (χ1v) is 3.22. The minimum Gasteiger partial charge on any atom is -0.313 e. The third kappa shape index (κ3) is 2.38. The number of thiol groups is 1. The Morgan fingerprint density at radius 1 is 1.88 bits per heavy atom. The zero-order valence-corrected chi connectivity index (χ0v) is 6.33. The van der Waals surface area contributed by atoms with Crippen LogP contribution in [0.2, 0.25) is 0 Å². The molecule has 0 fully saturated rings. The molecule has 0 aliphatic carbocycles. The molecule has 1 unspecified atom stereocenters. The summed E-state index contributed by atoms with van der Waals surface area (Å²) in [6, 6.07) is 0.373. The number of hydrogen-bond donors (Lipinski definition) is 2. The Labute approximate surface area is 56.6 Å². The van der Waals surface area contributed by atoms with Crippen molar-refractivity contribution in [3.63, 3.8) is 0 Å². The van der Waals surface area contributed by atoms with Gasteiger partial charge in [-0.3, -0.25) is 0 Å². The molecule has 8 heavy (non-hydrogen) atoms. The van der Waals surface area contributed by atoms with Crippen molar-refractivity contribution in [2.24, 2.45) is 0 Å². The molecule has 0 spiro atoms. The van der Waals surface area contributed by atoms with Crippen LogP contribution in [0.3, 0.4) is 0 Å². The van der Waals surface area contributed by atoms with Crippen LogP contribution >= 0.6 is 12.6 Å². The van der Waals surface area contributed by atoms with Gasteiger partial charge in [-0.2, -0.15) is 0 Å². The quantitative estimate of drug-likeness (QED) is 0.552. The molecule has 0 amide bonds. The summed E-state index contributed by atoms with van der Waals surface area (Å²) in [6.45, 7) is 5.80. The second-order valence-corrected chi connectivity index (χ2v) is 2.32. The Balaban J connectivity index is 3.52. The normalized spacial score (nSPS) is 13.4. The lowest BCUT2D eigenvalue weighted by Crippen LogP contribution is -2.23. The standard InChI is InChI=1S/C6H13NS/c1-4-6(7-3)5(2)8/h6-8H,2,4H2,1,3H3. The molecule has 0 aliphatic rings. The molecule has 0 bridgehead atoms. The molecule has 0 saturated carbocycles. The zero-order valence-electron chi connectivity index (χ0n) is 5.44. The van der Waals surface area contributed by atoms with Crippen molar-refractivity contribution in [1.29, 1.82) is 0 Å². The number of nitrogens with one attached hydrogen (secondary N) is 1. The highest BCUT2D eigenvalue weighted by molar-refractivity contribution is 7.84. The Bertz CT molecular complexity index is 76.6. The van der Waals surface area contributed by atoms with Gasteiger partial charge in [-0.1, -0.05) is 13.5 Å². The second kappa shape index (κ2) is 3.98. The van der Waals surface area contributed by atoms with Crippen molar-refractivity contribution >= 4 is 12.6 Å². The summed E-state index contributed by atoms with van der Waals surface area (Å²) < 4.78 is 0. The summed E-state index contributed by atoms with van der Waals surface area (Å²) in [5.41, 5.74) is 0. The summed E-state index contributed by atoms with van der Waals surface area (Å²) >= 11 is 4.10. The molecule has 0 aromatic carbocycles. The molecule has 0 heterocycles. The van der Waals surface area contributed by atoms with E-state index < -0.39 is 0 Å². The average Bonchev–Trinajstić information content (AvgIpc) is 1.69. The van der Waals surface area contributed by atoms with E-state index in [-0.39, 0.29) is 0 Å². The molecule has 0 aromatic heterocycles. The van der Waals surface area contributed by atoms with E-state index in [9.17, 15) is 0 Å². The van der Waals surface area contributed by atoms with E-state index >= 15 is 0 Å². The maximum Gasteiger partial charge on any atom is 0.0366 e. The fourth-order valence-corrected chi connectivity index (χ4v) is 0.918. The van der Waals surface area contributed by atoms with Crippen molar-refractivity contribution in [3.8, 4) is 0 Å². The van der Waals surface area contributed by atoms with E-state index in [4.69, 9.17) is 0 Å². The van der Waals surface area contributed by atoms with Gasteiger partial charge in [-0.05, 0) is 18.4 Å². The van der Waals surface area contributed by atoms with E-state index in [1.165, 1.54) is 0 Å². The SMILES string of the molecule is C=C(S)C(CC)NC. The summed E-state index contributed by atoms with van der Waals surface area (Å²) in [5.74, 6) is 0. The monoisotopic (exact) mass is 131 g/mol. The number of hydrogen-bond acceptors (Lipinski definition) is 2. The topological polar surface area (TPSA) is 12.0 Å². The van der Waals surface area contributed by atoms with Crippen molar-refractivity contribution in [2.45, 2.75) is 19.4 Å². The lowest BCUT2D eigenvalue weighted by molar-refractivity contribution is 0.642. The first kappa shape index (κ1) is 8.05. The first-order chi connectivity index (χ1) is 3.72. The van der Waals surface area contributed by atoms with Crippen LogP contribution in [-0.4, -0.2) is 13.1 Å². The predicted molar refractivity (Wildman–Crippen MR) is 41.3 cm³/mol. The maximum absolute atomic E-state index is 4.10. The number of likely N-dealkylation sites (N-methyl/N-ethyl adjacent to an activating group) is 1. The molecule has 2 heteroatoms. The maximum atomic E-state index is 4.10. The van der Waals surface area contributed by atoms with Crippen LogP contribution in [0.1, 0.15) is 13.3 Å². The van der Waals surface area contributed by atoms with Gasteiger partial charge in [0.1, 0.15) is 0 Å². The largest absolute Gasteiger partial charge is 0.313 e. The molecule has 1 nitrogen and oxygen atoms in total. The Morgan fingerprint density at radius 2 is 2.38 bits per heavy atom. The van der Waals surface area contributed by atoms with Crippen LogP contribution in [0, 0.1) is 0 Å². The van der Waals surface area contributed by atoms with Gasteiger partial charge in [0.05, 0.1) is 0 Å². The lowest BCUT2D eigenvalue weighted by Gasteiger charge is -2.10. The summed E-state index contributed by atoms with van der Waals surface area (Å²) in [6.07, 6.45) is 1.05. The van der Waals surface area contributed by atoms with Gasteiger partial charge in [0, 0.05) is 6.04 Å². The minimum atomic E-state index is 0.373. The van der Waals surface area contributed by atoms with Crippen molar-refractivity contribution in [3.05, 3.63) is 11.5 Å². The fraction of sp³-hybridized carbons (Fsp3) is 0.667. The third-order valence-corrected chi connectivity index (χ3v) is 1.47. The van der Waals surface area contributed by atoms with E-state index in [1.807, 2.05) is 7.05 Å². The lowest BCUT2D eigenvalue weighted by atomic mass is 10.2. The van der Waals surface area contributed by atoms with Gasteiger partial charge in [0.15, 0.2) is 0 Å². The van der Waals surface area contributed by atoms with Crippen LogP contribution in [0.4, 0.5) is 0 Å². The second-order valence-electron chi connectivity index (χ2n) is 1.74. The fourth-order valence-electron chi connectivity index (χ4n) is 0.606. The van der Waals surface area contributed by atoms with Crippen LogP contribution < -0.4 is 5.32 Å². The molecule has 0 saturated heterocycles. The predicted octanol–water partition coefficient (Wildman–Crippen LogP) is 1.43.